The van der Waals surface area contributed by atoms with Crippen molar-refractivity contribution in [1.82, 2.24) is 9.80 Å². The zero-order valence-corrected chi connectivity index (χ0v) is 17.1. The highest BCUT2D eigenvalue weighted by Gasteiger charge is 2.29. The highest BCUT2D eigenvalue weighted by Crippen LogP contribution is 2.42. The fourth-order valence-electron chi connectivity index (χ4n) is 4.27. The second-order valence-corrected chi connectivity index (χ2v) is 9.27. The van der Waals surface area contributed by atoms with E-state index < -0.39 is 0 Å². The van der Waals surface area contributed by atoms with Crippen molar-refractivity contribution >= 4 is 17.2 Å². The molecule has 0 bridgehead atoms. The number of rotatable bonds is 4. The maximum absolute atomic E-state index is 6.10. The van der Waals surface area contributed by atoms with Gasteiger partial charge in [0.05, 0.1) is 0 Å². The molecule has 0 N–H and O–H groups in total. The maximum atomic E-state index is 6.10. The molecule has 0 radical (unpaired) electrons. The number of hydrogen-bond acceptors (Lipinski definition) is 2. The van der Waals surface area contributed by atoms with Crippen molar-refractivity contribution in [2.24, 2.45) is 5.41 Å². The summed E-state index contributed by atoms with van der Waals surface area (Å²) in [6, 6.07) is 9.13. The molecule has 0 amide bonds. The summed E-state index contributed by atoms with van der Waals surface area (Å²) in [5.74, 6) is 0. The first-order chi connectivity index (χ1) is 11.8. The molecule has 25 heavy (non-hydrogen) atoms. The Hall–Kier alpha value is -0.830. The van der Waals surface area contributed by atoms with Gasteiger partial charge in [-0.2, -0.15) is 0 Å². The largest absolute Gasteiger partial charge is 0.298 e. The molecule has 0 atom stereocenters. The van der Waals surface area contributed by atoms with Gasteiger partial charge in [-0.05, 0) is 61.8 Å². The lowest BCUT2D eigenvalue weighted by Crippen LogP contribution is -2.49. The molecular weight excluding hydrogens is 328 g/mol. The van der Waals surface area contributed by atoms with Crippen LogP contribution < -0.4 is 0 Å². The summed E-state index contributed by atoms with van der Waals surface area (Å²) in [4.78, 5) is 5.25. The molecule has 3 heteroatoms. The van der Waals surface area contributed by atoms with Gasteiger partial charge in [0.25, 0.3) is 0 Å². The Morgan fingerprint density at radius 3 is 2.28 bits per heavy atom. The predicted molar refractivity (Wildman–Crippen MR) is 109 cm³/mol. The fourth-order valence-corrected chi connectivity index (χ4v) is 4.40. The van der Waals surface area contributed by atoms with Crippen LogP contribution in [0.5, 0.6) is 0 Å². The first-order valence-electron chi connectivity index (χ1n) is 9.77. The van der Waals surface area contributed by atoms with Crippen LogP contribution in [-0.2, 0) is 0 Å². The number of halogens is 1. The molecule has 1 heterocycles. The zero-order valence-electron chi connectivity index (χ0n) is 16.3. The highest BCUT2D eigenvalue weighted by molar-refractivity contribution is 6.30. The second-order valence-electron chi connectivity index (χ2n) is 8.84. The average molecular weight is 361 g/mol. The molecule has 2 aliphatic rings. The highest BCUT2D eigenvalue weighted by atomic mass is 35.5. The topological polar surface area (TPSA) is 6.48 Å². The smallest absolute Gasteiger partial charge is 0.0406 e. The molecule has 138 valence electrons. The van der Waals surface area contributed by atoms with Gasteiger partial charge in [0.15, 0.2) is 0 Å². The van der Waals surface area contributed by atoms with E-state index in [4.69, 9.17) is 11.6 Å². The van der Waals surface area contributed by atoms with Gasteiger partial charge in [0.1, 0.15) is 0 Å². The summed E-state index contributed by atoms with van der Waals surface area (Å²) in [7, 11) is 0. The number of benzene rings is 1. The first-order valence-corrected chi connectivity index (χ1v) is 10.2. The van der Waals surface area contributed by atoms with Gasteiger partial charge in [0, 0.05) is 43.8 Å². The molecule has 1 aromatic carbocycles. The summed E-state index contributed by atoms with van der Waals surface area (Å²) in [6.45, 7) is 15.4. The van der Waals surface area contributed by atoms with Crippen molar-refractivity contribution in [2.75, 3.05) is 32.7 Å². The van der Waals surface area contributed by atoms with E-state index in [1.165, 1.54) is 51.0 Å². The van der Waals surface area contributed by atoms with Crippen molar-refractivity contribution in [2.45, 2.75) is 53.0 Å². The lowest BCUT2D eigenvalue weighted by Gasteiger charge is -2.40. The van der Waals surface area contributed by atoms with Crippen LogP contribution in [0, 0.1) is 5.41 Å². The van der Waals surface area contributed by atoms with Crippen LogP contribution in [0.25, 0.3) is 5.57 Å². The number of piperazine rings is 1. The normalized spacial score (nSPS) is 22.6. The van der Waals surface area contributed by atoms with E-state index in [0.717, 1.165) is 11.6 Å². The van der Waals surface area contributed by atoms with Crippen molar-refractivity contribution in [3.8, 4) is 0 Å². The van der Waals surface area contributed by atoms with Crippen molar-refractivity contribution in [3.05, 3.63) is 40.4 Å². The number of allylic oxidation sites excluding steroid dienone is 1. The molecule has 2 nitrogen and oxygen atoms in total. The van der Waals surface area contributed by atoms with Gasteiger partial charge in [-0.1, -0.05) is 43.2 Å². The minimum absolute atomic E-state index is 0.422. The van der Waals surface area contributed by atoms with Crippen molar-refractivity contribution in [3.63, 3.8) is 0 Å². The Balaban J connectivity index is 1.77. The quantitative estimate of drug-likeness (QED) is 0.716. The summed E-state index contributed by atoms with van der Waals surface area (Å²) in [6.07, 6.45) is 3.68. The number of hydrogen-bond donors (Lipinski definition) is 0. The molecule has 1 fully saturated rings. The van der Waals surface area contributed by atoms with E-state index in [9.17, 15) is 0 Å². The maximum Gasteiger partial charge on any atom is 0.0406 e. The van der Waals surface area contributed by atoms with E-state index in [1.54, 1.807) is 11.1 Å². The van der Waals surface area contributed by atoms with Gasteiger partial charge in [-0.3, -0.25) is 9.80 Å². The van der Waals surface area contributed by atoms with Gasteiger partial charge in [0.2, 0.25) is 0 Å². The molecule has 0 aromatic heterocycles. The van der Waals surface area contributed by atoms with E-state index in [-0.39, 0.29) is 0 Å². The summed E-state index contributed by atoms with van der Waals surface area (Å²) in [5, 5.41) is 0.826. The predicted octanol–water partition coefficient (Wildman–Crippen LogP) is 5.33. The van der Waals surface area contributed by atoms with Crippen LogP contribution >= 0.6 is 11.6 Å². The van der Waals surface area contributed by atoms with E-state index in [2.05, 4.69) is 49.6 Å². The second kappa shape index (κ2) is 7.82. The Labute approximate surface area is 158 Å². The van der Waals surface area contributed by atoms with Gasteiger partial charge in [-0.15, -0.1) is 0 Å². The molecule has 0 unspecified atom stereocenters. The van der Waals surface area contributed by atoms with Gasteiger partial charge >= 0.3 is 0 Å². The molecule has 0 saturated carbocycles. The average Bonchev–Trinajstić information content (AvgIpc) is 2.56. The minimum atomic E-state index is 0.422. The lowest BCUT2D eigenvalue weighted by atomic mass is 9.73. The zero-order chi connectivity index (χ0) is 18.0. The van der Waals surface area contributed by atoms with Crippen LogP contribution in [0.1, 0.15) is 52.5 Å². The number of nitrogens with zero attached hydrogens (tertiary/aromatic N) is 2. The molecule has 1 aliphatic carbocycles. The first kappa shape index (κ1) is 18.9. The summed E-state index contributed by atoms with van der Waals surface area (Å²) < 4.78 is 0. The standard InChI is InChI=1S/C22H33ClN2/c1-17(2)25-13-11-24(12-14-25)16-19-15-22(3,4)10-9-21(19)18-5-7-20(23)8-6-18/h5-8,17H,9-16H2,1-4H3. The molecule has 1 saturated heterocycles. The van der Waals surface area contributed by atoms with Crippen LogP contribution in [-0.4, -0.2) is 48.6 Å². The molecular formula is C22H33ClN2. The Morgan fingerprint density at radius 1 is 1.04 bits per heavy atom. The van der Waals surface area contributed by atoms with Crippen LogP contribution in [0.2, 0.25) is 5.02 Å². The monoisotopic (exact) mass is 360 g/mol. The lowest BCUT2D eigenvalue weighted by molar-refractivity contribution is 0.113. The molecule has 1 aromatic rings. The van der Waals surface area contributed by atoms with E-state index in [1.807, 2.05) is 12.1 Å². The molecule has 3 rings (SSSR count). The fraction of sp³-hybridized carbons (Fsp3) is 0.636. The molecule has 1 aliphatic heterocycles. The van der Waals surface area contributed by atoms with Gasteiger partial charge < -0.3 is 0 Å². The Bertz CT molecular complexity index is 607. The third kappa shape index (κ3) is 4.87. The minimum Gasteiger partial charge on any atom is -0.298 e. The van der Waals surface area contributed by atoms with Crippen molar-refractivity contribution in [1.29, 1.82) is 0 Å². The molecule has 0 spiro atoms. The van der Waals surface area contributed by atoms with Crippen molar-refractivity contribution < 1.29 is 0 Å². The van der Waals surface area contributed by atoms with Crippen LogP contribution in [0.15, 0.2) is 29.8 Å². The van der Waals surface area contributed by atoms with Gasteiger partial charge in [-0.25, -0.2) is 0 Å². The van der Waals surface area contributed by atoms with Crippen LogP contribution in [0.4, 0.5) is 0 Å². The van der Waals surface area contributed by atoms with Crippen LogP contribution in [0.3, 0.4) is 0 Å². The SMILES string of the molecule is CC(C)N1CCN(CC2=C(c3ccc(Cl)cc3)CCC(C)(C)C2)CC1. The van der Waals surface area contributed by atoms with E-state index in [0.29, 0.717) is 11.5 Å². The summed E-state index contributed by atoms with van der Waals surface area (Å²) >= 11 is 6.10. The van der Waals surface area contributed by atoms with E-state index >= 15 is 0 Å². The third-order valence-corrected chi connectivity index (χ3v) is 6.17. The third-order valence-electron chi connectivity index (χ3n) is 5.91. The Morgan fingerprint density at radius 2 is 1.68 bits per heavy atom. The summed E-state index contributed by atoms with van der Waals surface area (Å²) in [5.41, 5.74) is 5.01. The Kier molecular flexibility index (Phi) is 5.92.